The van der Waals surface area contributed by atoms with E-state index in [0.29, 0.717) is 11.3 Å². The van der Waals surface area contributed by atoms with Crippen LogP contribution in [0.5, 0.6) is 0 Å². The lowest BCUT2D eigenvalue weighted by molar-refractivity contribution is -0.386. The van der Waals surface area contributed by atoms with Gasteiger partial charge in [0.05, 0.1) is 12.1 Å². The highest BCUT2D eigenvalue weighted by Crippen LogP contribution is 2.31. The van der Waals surface area contributed by atoms with Crippen molar-refractivity contribution in [2.75, 3.05) is 0 Å². The molecule has 6 heteroatoms. The molecule has 2 aromatic carbocycles. The molecule has 0 atom stereocenters. The molecule has 0 radical (unpaired) electrons. The number of benzene rings is 2. The zero-order chi connectivity index (χ0) is 20.4. The van der Waals surface area contributed by atoms with Crippen molar-refractivity contribution < 1.29 is 35.5 Å². The summed E-state index contributed by atoms with van der Waals surface area (Å²) in [5.41, 5.74) is 11.4. The van der Waals surface area contributed by atoms with Crippen LogP contribution in [0.4, 0.5) is 0 Å². The number of aromatic amines is 2. The van der Waals surface area contributed by atoms with E-state index in [4.69, 9.17) is 0 Å². The van der Waals surface area contributed by atoms with Crippen molar-refractivity contribution >= 4 is 10.9 Å². The van der Waals surface area contributed by atoms with Crippen molar-refractivity contribution in [1.82, 2.24) is 4.98 Å². The van der Waals surface area contributed by atoms with Crippen LogP contribution >= 0.6 is 0 Å². The summed E-state index contributed by atoms with van der Waals surface area (Å²) in [7, 11) is 0. The maximum absolute atomic E-state index is 12.6. The number of halogens is 2. The Balaban J connectivity index is 0.00000171. The number of nitrogens with one attached hydrogen (secondary N) is 2. The molecule has 0 bridgehead atoms. The Morgan fingerprint density at radius 3 is 2.26 bits per heavy atom. The minimum atomic E-state index is -0.0695. The predicted octanol–water partition coefficient (Wildman–Crippen LogP) is -2.38. The minimum absolute atomic E-state index is 0. The van der Waals surface area contributed by atoms with Crippen LogP contribution < -0.4 is 41.1 Å². The van der Waals surface area contributed by atoms with Crippen LogP contribution in [0.15, 0.2) is 71.7 Å². The molecule has 2 aromatic heterocycles. The fourth-order valence-electron chi connectivity index (χ4n) is 3.80. The highest BCUT2D eigenvalue weighted by atomic mass is 35.5. The maximum atomic E-state index is 12.6. The monoisotopic (exact) mass is 455 g/mol. The summed E-state index contributed by atoms with van der Waals surface area (Å²) in [6.07, 6.45) is 2.74. The number of pyridine rings is 2. The summed E-state index contributed by atoms with van der Waals surface area (Å²) in [6.45, 7) is 5.14. The topological polar surface area (TPSA) is 74.6 Å². The van der Waals surface area contributed by atoms with E-state index in [0.717, 1.165) is 46.4 Å². The summed E-state index contributed by atoms with van der Waals surface area (Å²) >= 11 is 0. The molecule has 0 aliphatic carbocycles. The molecule has 4 rings (SSSR count). The van der Waals surface area contributed by atoms with Gasteiger partial charge >= 0.3 is 0 Å². The molecule has 31 heavy (non-hydrogen) atoms. The Morgan fingerprint density at radius 1 is 0.968 bits per heavy atom. The van der Waals surface area contributed by atoms with Crippen LogP contribution in [0, 0.1) is 5.92 Å². The highest BCUT2D eigenvalue weighted by molar-refractivity contribution is 5.88. The molecule has 0 saturated carbocycles. The van der Waals surface area contributed by atoms with E-state index in [1.807, 2.05) is 30.5 Å². The third kappa shape index (κ3) is 5.16. The lowest BCUT2D eigenvalue weighted by Gasteiger charge is -2.10. The van der Waals surface area contributed by atoms with Gasteiger partial charge in [-0.05, 0) is 36.1 Å². The van der Waals surface area contributed by atoms with Gasteiger partial charge in [0.2, 0.25) is 11.2 Å². The molecule has 4 aromatic rings. The van der Waals surface area contributed by atoms with E-state index in [2.05, 4.69) is 65.9 Å². The normalized spacial score (nSPS) is 10.6. The van der Waals surface area contributed by atoms with Crippen molar-refractivity contribution in [2.45, 2.75) is 26.8 Å². The van der Waals surface area contributed by atoms with E-state index in [9.17, 15) is 4.79 Å². The van der Waals surface area contributed by atoms with Crippen molar-refractivity contribution in [3.8, 4) is 22.4 Å². The number of quaternary nitrogens is 1. The molecular formula is C25H27Cl2N3O. The summed E-state index contributed by atoms with van der Waals surface area (Å²) in [5, 5.41) is 0.695. The number of rotatable bonds is 5. The molecule has 0 fully saturated rings. The molecule has 5 N–H and O–H groups in total. The maximum Gasteiger partial charge on any atom is 0.261 e. The Morgan fingerprint density at radius 2 is 1.65 bits per heavy atom. The largest absolute Gasteiger partial charge is 1.00 e. The first-order chi connectivity index (χ1) is 14.1. The number of hydrogen-bond donors (Lipinski definition) is 2. The van der Waals surface area contributed by atoms with Gasteiger partial charge in [0.1, 0.15) is 5.39 Å². The van der Waals surface area contributed by atoms with Crippen LogP contribution in [0.3, 0.4) is 0 Å². The van der Waals surface area contributed by atoms with Crippen LogP contribution in [0.2, 0.25) is 0 Å². The molecular weight excluding hydrogens is 429 g/mol. The first-order valence-corrected chi connectivity index (χ1v) is 10.1. The molecule has 0 aliphatic rings. The van der Waals surface area contributed by atoms with E-state index in [-0.39, 0.29) is 30.4 Å². The average Bonchev–Trinajstić information content (AvgIpc) is 2.75. The summed E-state index contributed by atoms with van der Waals surface area (Å²) in [6, 6.07) is 20.7. The summed E-state index contributed by atoms with van der Waals surface area (Å²) in [4.78, 5) is 19.2. The molecule has 0 aliphatic heterocycles. The SMILES string of the molecule is CC(C)Cc1c[nH]c(=O)c2cc(-c3ccccc3)c(-c3ccc(C[NH3+])cc3)[nH+]c12.[Cl-].[Cl-]. The molecule has 162 valence electrons. The van der Waals surface area contributed by atoms with E-state index >= 15 is 0 Å². The lowest BCUT2D eigenvalue weighted by atomic mass is 9.95. The van der Waals surface area contributed by atoms with E-state index in [1.165, 1.54) is 5.56 Å². The fraction of sp³-hybridized carbons (Fsp3) is 0.200. The second-order valence-electron chi connectivity index (χ2n) is 7.90. The van der Waals surface area contributed by atoms with Gasteiger partial charge in [-0.2, -0.15) is 0 Å². The molecule has 4 nitrogen and oxygen atoms in total. The highest BCUT2D eigenvalue weighted by Gasteiger charge is 2.21. The number of hydrogen-bond acceptors (Lipinski definition) is 1. The Labute approximate surface area is 194 Å². The van der Waals surface area contributed by atoms with Gasteiger partial charge in [0, 0.05) is 22.9 Å². The fourth-order valence-corrected chi connectivity index (χ4v) is 3.80. The first kappa shape index (κ1) is 24.6. The molecule has 2 heterocycles. The molecule has 0 spiro atoms. The van der Waals surface area contributed by atoms with E-state index in [1.54, 1.807) is 0 Å². The van der Waals surface area contributed by atoms with Gasteiger partial charge in [-0.25, -0.2) is 4.98 Å². The number of fused-ring (bicyclic) bond motifs is 1. The Bertz CT molecular complexity index is 1200. The van der Waals surface area contributed by atoms with Crippen LogP contribution in [0.1, 0.15) is 25.0 Å². The molecule has 0 amide bonds. The second-order valence-corrected chi connectivity index (χ2v) is 7.90. The van der Waals surface area contributed by atoms with Crippen molar-refractivity contribution in [1.29, 1.82) is 0 Å². The van der Waals surface area contributed by atoms with Crippen molar-refractivity contribution in [3.05, 3.63) is 88.3 Å². The van der Waals surface area contributed by atoms with Gasteiger partial charge in [0.15, 0.2) is 0 Å². The van der Waals surface area contributed by atoms with Crippen molar-refractivity contribution in [2.24, 2.45) is 5.92 Å². The van der Waals surface area contributed by atoms with Crippen LogP contribution in [-0.4, -0.2) is 4.98 Å². The molecule has 0 saturated heterocycles. The third-order valence-corrected chi connectivity index (χ3v) is 5.26. The average molecular weight is 456 g/mol. The standard InChI is InChI=1S/C25H25N3O.2ClH/c1-16(2)12-20-15-27-25(29)22-13-21(18-6-4-3-5-7-18)23(28-24(20)22)19-10-8-17(14-26)9-11-19;;/h3-11,13,15-16H,12,14,26H2,1-2H3,(H,27,29);2*1H. The predicted molar refractivity (Wildman–Crippen MR) is 117 cm³/mol. The van der Waals surface area contributed by atoms with Gasteiger partial charge in [0.25, 0.3) is 5.56 Å². The van der Waals surface area contributed by atoms with Gasteiger partial charge < -0.3 is 35.5 Å². The van der Waals surface area contributed by atoms with Crippen molar-refractivity contribution in [3.63, 3.8) is 0 Å². The summed E-state index contributed by atoms with van der Waals surface area (Å²) < 4.78 is 0. The molecule has 0 unspecified atom stereocenters. The van der Waals surface area contributed by atoms with Gasteiger partial charge in [-0.15, -0.1) is 0 Å². The first-order valence-electron chi connectivity index (χ1n) is 10.1. The third-order valence-electron chi connectivity index (χ3n) is 5.26. The van der Waals surface area contributed by atoms with Gasteiger partial charge in [-0.1, -0.05) is 56.3 Å². The smallest absolute Gasteiger partial charge is 0.261 e. The minimum Gasteiger partial charge on any atom is -1.00 e. The Kier molecular flexibility index (Phi) is 8.40. The van der Waals surface area contributed by atoms with Gasteiger partial charge in [-0.3, -0.25) is 4.79 Å². The zero-order valence-corrected chi connectivity index (χ0v) is 19.2. The number of aromatic nitrogens is 2. The zero-order valence-electron chi connectivity index (χ0n) is 17.7. The summed E-state index contributed by atoms with van der Waals surface area (Å²) in [5.74, 6) is 0.492. The number of H-pyrrole nitrogens is 2. The van der Waals surface area contributed by atoms with Crippen LogP contribution in [-0.2, 0) is 13.0 Å². The lowest BCUT2D eigenvalue weighted by Crippen LogP contribution is -3.00. The van der Waals surface area contributed by atoms with Crippen LogP contribution in [0.25, 0.3) is 33.3 Å². The quantitative estimate of drug-likeness (QED) is 0.346. The second kappa shape index (κ2) is 10.6. The van der Waals surface area contributed by atoms with E-state index < -0.39 is 0 Å². The Hall–Kier alpha value is -2.66.